The Labute approximate surface area is 107 Å². The van der Waals surface area contributed by atoms with Crippen molar-refractivity contribution < 1.29 is 4.52 Å². The fourth-order valence-corrected chi connectivity index (χ4v) is 1.88. The number of halogens is 1. The zero-order valence-corrected chi connectivity index (χ0v) is 9.89. The number of hydrogen-bond donors (Lipinski definition) is 0. The van der Waals surface area contributed by atoms with E-state index >= 15 is 0 Å². The van der Waals surface area contributed by atoms with Crippen LogP contribution in [0.2, 0.25) is 5.02 Å². The van der Waals surface area contributed by atoms with Crippen molar-refractivity contribution in [3.8, 4) is 11.3 Å². The molecule has 0 amide bonds. The van der Waals surface area contributed by atoms with Crippen molar-refractivity contribution in [2.75, 3.05) is 0 Å². The van der Waals surface area contributed by atoms with Crippen LogP contribution >= 0.6 is 11.6 Å². The van der Waals surface area contributed by atoms with E-state index in [2.05, 4.69) is 10.1 Å². The predicted molar refractivity (Wildman–Crippen MR) is 68.5 cm³/mol. The highest BCUT2D eigenvalue weighted by molar-refractivity contribution is 6.30. The first-order valence-corrected chi connectivity index (χ1v) is 5.64. The quantitative estimate of drug-likeness (QED) is 0.673. The molecule has 0 spiro atoms. The number of benzene rings is 1. The van der Waals surface area contributed by atoms with Gasteiger partial charge in [-0.3, -0.25) is 0 Å². The molecule has 0 radical (unpaired) electrons. The summed E-state index contributed by atoms with van der Waals surface area (Å²) in [5, 5.41) is 5.14. The van der Waals surface area contributed by atoms with E-state index in [4.69, 9.17) is 16.1 Å². The van der Waals surface area contributed by atoms with Gasteiger partial charge >= 0.3 is 5.63 Å². The van der Waals surface area contributed by atoms with Crippen LogP contribution in [0.4, 0.5) is 0 Å². The molecule has 18 heavy (non-hydrogen) atoms. The zero-order chi connectivity index (χ0) is 12.5. The first-order valence-electron chi connectivity index (χ1n) is 5.26. The molecule has 0 saturated carbocycles. The highest BCUT2D eigenvalue weighted by atomic mass is 35.5. The highest BCUT2D eigenvalue weighted by Gasteiger charge is 2.10. The molecule has 1 aromatic carbocycles. The lowest BCUT2D eigenvalue weighted by atomic mass is 10.1. The summed E-state index contributed by atoms with van der Waals surface area (Å²) in [4.78, 5) is 15.5. The largest absolute Gasteiger partial charge is 0.384 e. The van der Waals surface area contributed by atoms with Crippen LogP contribution in [0.15, 0.2) is 51.9 Å². The monoisotopic (exact) mass is 258 g/mol. The van der Waals surface area contributed by atoms with E-state index in [1.807, 2.05) is 12.1 Å². The topological polar surface area (TPSA) is 56.0 Å². The van der Waals surface area contributed by atoms with Crippen molar-refractivity contribution in [2.24, 2.45) is 0 Å². The molecule has 3 aromatic rings. The van der Waals surface area contributed by atoms with Crippen molar-refractivity contribution in [1.82, 2.24) is 10.1 Å². The Kier molecular flexibility index (Phi) is 2.57. The predicted octanol–water partition coefficient (Wildman–Crippen LogP) is 2.90. The van der Waals surface area contributed by atoms with Crippen LogP contribution in [0.25, 0.3) is 22.2 Å². The van der Waals surface area contributed by atoms with Crippen LogP contribution < -0.4 is 5.63 Å². The fraction of sp³-hybridized carbons (Fsp3) is 0. The van der Waals surface area contributed by atoms with Crippen molar-refractivity contribution in [2.45, 2.75) is 0 Å². The van der Waals surface area contributed by atoms with E-state index in [1.54, 1.807) is 30.5 Å². The maximum atomic E-state index is 11.5. The molecule has 0 atom stereocenters. The van der Waals surface area contributed by atoms with Gasteiger partial charge in [-0.15, -0.1) is 0 Å². The summed E-state index contributed by atoms with van der Waals surface area (Å²) in [5.74, 6) is 0. The standard InChI is InChI=1S/C13H7ClN2O2/c14-9-5-3-8(4-6-9)11-10-2-1-7-15-12(10)13(17)18-16-11/h1-7H. The lowest BCUT2D eigenvalue weighted by Gasteiger charge is -2.02. The molecule has 0 saturated heterocycles. The number of aromatic nitrogens is 2. The van der Waals surface area contributed by atoms with Crippen LogP contribution in [0, 0.1) is 0 Å². The van der Waals surface area contributed by atoms with E-state index in [-0.39, 0.29) is 5.52 Å². The summed E-state index contributed by atoms with van der Waals surface area (Å²) in [6.07, 6.45) is 1.55. The van der Waals surface area contributed by atoms with Crippen molar-refractivity contribution in [3.63, 3.8) is 0 Å². The van der Waals surface area contributed by atoms with Gasteiger partial charge in [-0.2, -0.15) is 0 Å². The molecule has 2 heterocycles. The van der Waals surface area contributed by atoms with Gasteiger partial charge in [-0.25, -0.2) is 9.78 Å². The van der Waals surface area contributed by atoms with Crippen molar-refractivity contribution in [3.05, 3.63) is 58.0 Å². The Morgan fingerprint density at radius 2 is 1.89 bits per heavy atom. The lowest BCUT2D eigenvalue weighted by molar-refractivity contribution is 0.379. The van der Waals surface area contributed by atoms with Gasteiger partial charge in [0.1, 0.15) is 5.69 Å². The van der Waals surface area contributed by atoms with E-state index in [0.29, 0.717) is 16.1 Å². The molecule has 0 aliphatic heterocycles. The molecule has 4 nitrogen and oxygen atoms in total. The number of hydrogen-bond acceptors (Lipinski definition) is 4. The summed E-state index contributed by atoms with van der Waals surface area (Å²) >= 11 is 5.84. The lowest BCUT2D eigenvalue weighted by Crippen LogP contribution is -2.04. The number of nitrogens with zero attached hydrogens (tertiary/aromatic N) is 2. The summed E-state index contributed by atoms with van der Waals surface area (Å²) in [6.45, 7) is 0. The molecule has 0 fully saturated rings. The highest BCUT2D eigenvalue weighted by Crippen LogP contribution is 2.24. The Hall–Kier alpha value is -2.20. The molecular weight excluding hydrogens is 252 g/mol. The van der Waals surface area contributed by atoms with Gasteiger partial charge in [0.25, 0.3) is 0 Å². The minimum atomic E-state index is -0.539. The first-order chi connectivity index (χ1) is 8.75. The molecule has 2 aromatic heterocycles. The van der Waals surface area contributed by atoms with Gasteiger partial charge in [0.15, 0.2) is 5.52 Å². The zero-order valence-electron chi connectivity index (χ0n) is 9.13. The van der Waals surface area contributed by atoms with E-state index in [9.17, 15) is 4.79 Å². The van der Waals surface area contributed by atoms with Crippen molar-refractivity contribution in [1.29, 1.82) is 0 Å². The van der Waals surface area contributed by atoms with Crippen LogP contribution in [0.5, 0.6) is 0 Å². The van der Waals surface area contributed by atoms with Crippen LogP contribution in [-0.2, 0) is 0 Å². The molecule has 0 aliphatic rings. The van der Waals surface area contributed by atoms with Gasteiger partial charge in [0.05, 0.1) is 0 Å². The van der Waals surface area contributed by atoms with Crippen LogP contribution in [0.1, 0.15) is 0 Å². The normalized spacial score (nSPS) is 10.7. The minimum Gasteiger partial charge on any atom is -0.310 e. The fourth-order valence-electron chi connectivity index (χ4n) is 1.75. The second-order valence-corrected chi connectivity index (χ2v) is 4.16. The summed E-state index contributed by atoms with van der Waals surface area (Å²) in [5.41, 5.74) is 1.14. The summed E-state index contributed by atoms with van der Waals surface area (Å²) < 4.78 is 4.76. The summed E-state index contributed by atoms with van der Waals surface area (Å²) in [7, 11) is 0. The Morgan fingerprint density at radius 1 is 1.11 bits per heavy atom. The Balaban J connectivity index is 2.33. The van der Waals surface area contributed by atoms with E-state index in [1.165, 1.54) is 0 Å². The van der Waals surface area contributed by atoms with E-state index in [0.717, 1.165) is 5.56 Å². The van der Waals surface area contributed by atoms with Gasteiger partial charge in [0, 0.05) is 22.2 Å². The summed E-state index contributed by atoms with van der Waals surface area (Å²) in [6, 6.07) is 10.7. The number of fused-ring (bicyclic) bond motifs is 1. The molecule has 88 valence electrons. The average Bonchev–Trinajstić information content (AvgIpc) is 2.41. The van der Waals surface area contributed by atoms with Gasteiger partial charge in [0.2, 0.25) is 0 Å². The maximum absolute atomic E-state index is 11.5. The minimum absolute atomic E-state index is 0.275. The van der Waals surface area contributed by atoms with Gasteiger partial charge < -0.3 is 4.52 Å². The third-order valence-corrected chi connectivity index (χ3v) is 2.85. The molecule has 0 unspecified atom stereocenters. The second kappa shape index (κ2) is 4.23. The molecule has 0 N–H and O–H groups in total. The SMILES string of the molecule is O=c1onc(-c2ccc(Cl)cc2)c2cccnc12. The molecule has 3 rings (SSSR count). The third-order valence-electron chi connectivity index (χ3n) is 2.59. The third kappa shape index (κ3) is 1.76. The van der Waals surface area contributed by atoms with E-state index < -0.39 is 5.63 Å². The van der Waals surface area contributed by atoms with Crippen molar-refractivity contribution >= 4 is 22.5 Å². The van der Waals surface area contributed by atoms with Crippen LogP contribution in [0.3, 0.4) is 0 Å². The van der Waals surface area contributed by atoms with Gasteiger partial charge in [-0.1, -0.05) is 28.9 Å². The first kappa shape index (κ1) is 10.9. The Morgan fingerprint density at radius 3 is 2.67 bits per heavy atom. The number of rotatable bonds is 1. The Bertz CT molecular complexity index is 766. The average molecular weight is 259 g/mol. The smallest absolute Gasteiger partial charge is 0.310 e. The molecule has 5 heteroatoms. The number of pyridine rings is 1. The maximum Gasteiger partial charge on any atom is 0.384 e. The molecule has 0 aliphatic carbocycles. The second-order valence-electron chi connectivity index (χ2n) is 3.73. The molecular formula is C13H7ClN2O2. The van der Waals surface area contributed by atoms with Gasteiger partial charge in [-0.05, 0) is 24.3 Å². The molecule has 0 bridgehead atoms. The van der Waals surface area contributed by atoms with Crippen LogP contribution in [-0.4, -0.2) is 10.1 Å².